The van der Waals surface area contributed by atoms with Crippen molar-refractivity contribution in [3.8, 4) is 0 Å². The molecule has 2 N–H and O–H groups in total. The van der Waals surface area contributed by atoms with Gasteiger partial charge < -0.3 is 20.0 Å². The predicted molar refractivity (Wildman–Crippen MR) is 217 cm³/mol. The standard InChI is InChI=1S/C48H66N2O6/c1-29(2)41-35(51)25-48(38(52)27-50(26-30-10-11-30)40(54)28-49-24-8-9-39(49)53)23-22-46(6)34(42(41)48)16-17-37-45(5)20-18-33(31-12-14-32(15-13-31)43(55)56)44(3,4)36(45)19-21-47(37,46)7/h12-15,18,29-30,34,36-38,52H,8-11,16-17,19-28H2,1-7H3,(H,55,56)/t34-,36+,37-,38+,45+,46-,47-,48+/m1/s1. The Labute approximate surface area is 334 Å². The number of aliphatic hydroxyl groups excluding tert-OH is 1. The van der Waals surface area contributed by atoms with Gasteiger partial charge in [0.15, 0.2) is 5.78 Å². The molecule has 4 saturated carbocycles. The normalized spacial score (nSPS) is 36.8. The van der Waals surface area contributed by atoms with Gasteiger partial charge >= 0.3 is 5.97 Å². The lowest BCUT2D eigenvalue weighted by Crippen LogP contribution is -2.64. The van der Waals surface area contributed by atoms with E-state index in [0.717, 1.165) is 75.3 Å². The molecule has 56 heavy (non-hydrogen) atoms. The van der Waals surface area contributed by atoms with Gasteiger partial charge in [0, 0.05) is 37.9 Å². The number of aromatic carboxylic acids is 1. The molecule has 8 heteroatoms. The smallest absolute Gasteiger partial charge is 0.335 e. The molecule has 0 unspecified atom stereocenters. The van der Waals surface area contributed by atoms with Crippen molar-refractivity contribution in [1.82, 2.24) is 9.80 Å². The average Bonchev–Trinajstić information content (AvgIpc) is 3.78. The summed E-state index contributed by atoms with van der Waals surface area (Å²) >= 11 is 0. The minimum atomic E-state index is -0.901. The highest BCUT2D eigenvalue weighted by atomic mass is 16.4. The fraction of sp³-hybridized carbons (Fsp3) is 0.708. The second kappa shape index (κ2) is 13.7. The number of hydrogen-bond acceptors (Lipinski definition) is 5. The monoisotopic (exact) mass is 766 g/mol. The minimum absolute atomic E-state index is 0.0381. The molecule has 5 fully saturated rings. The first-order valence-electron chi connectivity index (χ1n) is 21.9. The zero-order valence-corrected chi connectivity index (χ0v) is 35.1. The van der Waals surface area contributed by atoms with Crippen LogP contribution in [0.25, 0.3) is 5.57 Å². The molecule has 8 nitrogen and oxygen atoms in total. The zero-order chi connectivity index (χ0) is 40.2. The molecule has 8 atom stereocenters. The van der Waals surface area contributed by atoms with Gasteiger partial charge in [-0.1, -0.05) is 72.2 Å². The van der Waals surface area contributed by atoms with Gasteiger partial charge in [-0.05, 0) is 144 Å². The molecule has 6 aliphatic carbocycles. The third kappa shape index (κ3) is 5.91. The Morgan fingerprint density at radius 3 is 2.25 bits per heavy atom. The van der Waals surface area contributed by atoms with Crippen LogP contribution in [0.15, 0.2) is 41.5 Å². The molecule has 0 radical (unpaired) electrons. The highest BCUT2D eigenvalue weighted by molar-refractivity contribution is 6.01. The van der Waals surface area contributed by atoms with Gasteiger partial charge in [0.05, 0.1) is 18.2 Å². The number of carbonyl (C=O) groups excluding carboxylic acids is 3. The Morgan fingerprint density at radius 2 is 1.62 bits per heavy atom. The van der Waals surface area contributed by atoms with Gasteiger partial charge in [0.2, 0.25) is 11.8 Å². The van der Waals surface area contributed by atoms with Crippen molar-refractivity contribution in [1.29, 1.82) is 0 Å². The number of rotatable bonds is 10. The molecular formula is C48H66N2O6. The average molecular weight is 767 g/mol. The first-order valence-corrected chi connectivity index (χ1v) is 21.9. The summed E-state index contributed by atoms with van der Waals surface area (Å²) in [5.74, 6) is 0.918. The van der Waals surface area contributed by atoms with Gasteiger partial charge in [0.1, 0.15) is 0 Å². The molecule has 1 aromatic carbocycles. The Hall–Kier alpha value is -3.26. The van der Waals surface area contributed by atoms with Gasteiger partial charge in [-0.2, -0.15) is 0 Å². The van der Waals surface area contributed by atoms with Crippen molar-refractivity contribution < 1.29 is 29.4 Å². The number of likely N-dealkylation sites (tertiary alicyclic amines) is 1. The summed E-state index contributed by atoms with van der Waals surface area (Å²) in [7, 11) is 0. The van der Waals surface area contributed by atoms with E-state index in [2.05, 4.69) is 54.5 Å². The van der Waals surface area contributed by atoms with E-state index < -0.39 is 17.5 Å². The van der Waals surface area contributed by atoms with Crippen molar-refractivity contribution >= 4 is 29.1 Å². The first kappa shape index (κ1) is 39.6. The first-order chi connectivity index (χ1) is 26.4. The van der Waals surface area contributed by atoms with Crippen LogP contribution < -0.4 is 0 Å². The van der Waals surface area contributed by atoms with Crippen molar-refractivity contribution in [3.63, 3.8) is 0 Å². The highest BCUT2D eigenvalue weighted by Gasteiger charge is 2.70. The Morgan fingerprint density at radius 1 is 0.911 bits per heavy atom. The van der Waals surface area contributed by atoms with Crippen LogP contribution in [0.2, 0.25) is 0 Å². The molecule has 8 rings (SSSR count). The lowest BCUT2D eigenvalue weighted by molar-refractivity contribution is -0.200. The SMILES string of the molecule is CC(C)C1=C2[C@H]3CC[C@@H]4[C@@]5(C)CC=C(c6ccc(C(=O)O)cc6)C(C)(C)[C@@H]5CC[C@@]4(C)[C@]3(C)CC[C@@]2([C@@H](O)CN(CC2CC2)C(=O)CN2CCCC2=O)CC1=O. The molecule has 0 bridgehead atoms. The Kier molecular flexibility index (Phi) is 9.65. The number of fused-ring (bicyclic) bond motifs is 7. The molecule has 1 saturated heterocycles. The maximum atomic E-state index is 14.3. The molecule has 1 aromatic rings. The number of nitrogens with zero attached hydrogens (tertiary/aromatic N) is 2. The molecule has 304 valence electrons. The number of carboxylic acids is 1. The Balaban J connectivity index is 1.10. The third-order valence-corrected chi connectivity index (χ3v) is 17.6. The van der Waals surface area contributed by atoms with Crippen LogP contribution in [0, 0.1) is 56.7 Å². The number of benzene rings is 1. The van der Waals surface area contributed by atoms with Crippen LogP contribution in [0.4, 0.5) is 0 Å². The number of Topliss-reactive ketones (excluding diaryl/α,β-unsaturated/α-hetero) is 1. The second-order valence-corrected chi connectivity index (χ2v) is 21.0. The summed E-state index contributed by atoms with van der Waals surface area (Å²) < 4.78 is 0. The van der Waals surface area contributed by atoms with Crippen LogP contribution in [0.5, 0.6) is 0 Å². The van der Waals surface area contributed by atoms with Crippen LogP contribution >= 0.6 is 0 Å². The lowest BCUT2D eigenvalue weighted by atomic mass is 9.33. The van der Waals surface area contributed by atoms with E-state index in [-0.39, 0.29) is 64.2 Å². The fourth-order valence-corrected chi connectivity index (χ4v) is 14.4. The van der Waals surface area contributed by atoms with Gasteiger partial charge in [0.25, 0.3) is 0 Å². The Bertz CT molecular complexity index is 1870. The van der Waals surface area contributed by atoms with E-state index >= 15 is 0 Å². The van der Waals surface area contributed by atoms with Crippen molar-refractivity contribution in [3.05, 3.63) is 52.6 Å². The van der Waals surface area contributed by atoms with Crippen molar-refractivity contribution in [2.75, 3.05) is 26.2 Å². The maximum absolute atomic E-state index is 14.3. The largest absolute Gasteiger partial charge is 0.478 e. The van der Waals surface area contributed by atoms with E-state index in [1.54, 1.807) is 17.0 Å². The topological polar surface area (TPSA) is 115 Å². The molecule has 1 heterocycles. The summed E-state index contributed by atoms with van der Waals surface area (Å²) in [6, 6.07) is 7.44. The van der Waals surface area contributed by atoms with E-state index in [1.807, 2.05) is 17.0 Å². The second-order valence-electron chi connectivity index (χ2n) is 21.0. The number of carbonyl (C=O) groups is 4. The third-order valence-electron chi connectivity index (χ3n) is 17.6. The number of ketones is 1. The quantitative estimate of drug-likeness (QED) is 0.247. The van der Waals surface area contributed by atoms with Gasteiger partial charge in [-0.3, -0.25) is 14.4 Å². The number of carboxylic acid groups (broad SMARTS) is 1. The van der Waals surface area contributed by atoms with E-state index in [0.29, 0.717) is 49.2 Å². The van der Waals surface area contributed by atoms with Crippen LogP contribution in [0.3, 0.4) is 0 Å². The summed E-state index contributed by atoms with van der Waals surface area (Å²) in [6.07, 6.45) is 12.4. The van der Waals surface area contributed by atoms with Crippen LogP contribution in [-0.4, -0.2) is 75.9 Å². The minimum Gasteiger partial charge on any atom is -0.478 e. The summed E-state index contributed by atoms with van der Waals surface area (Å²) in [4.78, 5) is 55.8. The number of aliphatic hydroxyl groups is 1. The van der Waals surface area contributed by atoms with E-state index in [1.165, 1.54) is 11.1 Å². The molecule has 1 aliphatic heterocycles. The van der Waals surface area contributed by atoms with Crippen LogP contribution in [-0.2, 0) is 14.4 Å². The number of amides is 2. The van der Waals surface area contributed by atoms with Crippen molar-refractivity contribution in [2.45, 2.75) is 132 Å². The maximum Gasteiger partial charge on any atom is 0.335 e. The summed E-state index contributed by atoms with van der Waals surface area (Å²) in [5.41, 5.74) is 4.27. The predicted octanol–water partition coefficient (Wildman–Crippen LogP) is 8.58. The lowest BCUT2D eigenvalue weighted by Gasteiger charge is -2.71. The van der Waals surface area contributed by atoms with E-state index in [4.69, 9.17) is 0 Å². The summed E-state index contributed by atoms with van der Waals surface area (Å²) in [5, 5.41) is 22.1. The fourth-order valence-electron chi connectivity index (χ4n) is 14.4. The molecule has 7 aliphatic rings. The van der Waals surface area contributed by atoms with Crippen LogP contribution in [0.1, 0.15) is 141 Å². The number of allylic oxidation sites excluding steroid dienone is 3. The zero-order valence-electron chi connectivity index (χ0n) is 35.1. The number of hydrogen-bond donors (Lipinski definition) is 2. The van der Waals surface area contributed by atoms with E-state index in [9.17, 15) is 29.4 Å². The molecule has 2 amide bonds. The van der Waals surface area contributed by atoms with Gasteiger partial charge in [-0.25, -0.2) is 4.79 Å². The van der Waals surface area contributed by atoms with Gasteiger partial charge in [-0.15, -0.1) is 0 Å². The molecule has 0 aromatic heterocycles. The molecular weight excluding hydrogens is 701 g/mol. The summed E-state index contributed by atoms with van der Waals surface area (Å²) in [6.45, 7) is 18.3. The van der Waals surface area contributed by atoms with Crippen molar-refractivity contribution in [2.24, 2.45) is 56.7 Å². The highest BCUT2D eigenvalue weighted by Crippen LogP contribution is 2.77. The molecule has 0 spiro atoms.